The summed E-state index contributed by atoms with van der Waals surface area (Å²) in [7, 11) is 0. The molecule has 1 aliphatic rings. The summed E-state index contributed by atoms with van der Waals surface area (Å²) in [6, 6.07) is 7.31. The number of thioether (sulfide) groups is 1. The van der Waals surface area contributed by atoms with Gasteiger partial charge in [-0.2, -0.15) is 11.8 Å². The number of carbonyl (C=O) groups is 2. The molecule has 2 amide bonds. The molecule has 0 radical (unpaired) electrons. The van der Waals surface area contributed by atoms with Crippen LogP contribution in [-0.4, -0.2) is 43.0 Å². The molecule has 0 saturated carbocycles. The predicted molar refractivity (Wildman–Crippen MR) is 86.5 cm³/mol. The van der Waals surface area contributed by atoms with Crippen LogP contribution in [0.15, 0.2) is 24.3 Å². The number of nitrogens with zero attached hydrogens (tertiary/aromatic N) is 1. The molecule has 1 aliphatic heterocycles. The van der Waals surface area contributed by atoms with Crippen LogP contribution in [0.3, 0.4) is 0 Å². The molecule has 21 heavy (non-hydrogen) atoms. The first-order valence-corrected chi connectivity index (χ1v) is 8.43. The monoisotopic (exact) mass is 307 g/mol. The van der Waals surface area contributed by atoms with Crippen molar-refractivity contribution in [3.05, 3.63) is 29.8 Å². The number of hydrogen-bond acceptors (Lipinski definition) is 4. The van der Waals surface area contributed by atoms with Gasteiger partial charge in [-0.25, -0.2) is 0 Å². The van der Waals surface area contributed by atoms with Gasteiger partial charge in [-0.05, 0) is 36.5 Å². The van der Waals surface area contributed by atoms with Crippen LogP contribution in [0, 0.1) is 0 Å². The number of nitrogens with two attached hydrogens (primary N) is 1. The Morgan fingerprint density at radius 2 is 2.19 bits per heavy atom. The van der Waals surface area contributed by atoms with E-state index >= 15 is 0 Å². The molecule has 0 fully saturated rings. The van der Waals surface area contributed by atoms with Crippen molar-refractivity contribution in [1.82, 2.24) is 5.32 Å². The first kappa shape index (κ1) is 15.9. The molecule has 0 spiro atoms. The van der Waals surface area contributed by atoms with Crippen molar-refractivity contribution in [2.24, 2.45) is 5.73 Å². The fourth-order valence-corrected chi connectivity index (χ4v) is 2.85. The van der Waals surface area contributed by atoms with Crippen LogP contribution in [0.2, 0.25) is 0 Å². The number of amides is 2. The van der Waals surface area contributed by atoms with Crippen LogP contribution in [-0.2, 0) is 16.0 Å². The zero-order valence-corrected chi connectivity index (χ0v) is 13.0. The van der Waals surface area contributed by atoms with Gasteiger partial charge in [-0.3, -0.25) is 9.59 Å². The van der Waals surface area contributed by atoms with E-state index in [0.717, 1.165) is 17.9 Å². The molecule has 0 bridgehead atoms. The molecule has 0 aliphatic carbocycles. The Morgan fingerprint density at radius 3 is 2.95 bits per heavy atom. The SMILES string of the molecule is CSCC[C@H](N)C(=O)NCC(=O)N1CCc2ccccc21. The van der Waals surface area contributed by atoms with Crippen LogP contribution < -0.4 is 16.0 Å². The lowest BCUT2D eigenvalue weighted by molar-refractivity contribution is -0.125. The van der Waals surface area contributed by atoms with E-state index in [1.54, 1.807) is 16.7 Å². The van der Waals surface area contributed by atoms with E-state index in [-0.39, 0.29) is 18.4 Å². The summed E-state index contributed by atoms with van der Waals surface area (Å²) in [5.41, 5.74) is 7.89. The highest BCUT2D eigenvalue weighted by atomic mass is 32.2. The van der Waals surface area contributed by atoms with Gasteiger partial charge in [0.1, 0.15) is 0 Å². The molecule has 1 aromatic carbocycles. The summed E-state index contributed by atoms with van der Waals surface area (Å²) in [6.45, 7) is 0.673. The highest BCUT2D eigenvalue weighted by molar-refractivity contribution is 7.98. The van der Waals surface area contributed by atoms with Gasteiger partial charge in [0.15, 0.2) is 0 Å². The minimum atomic E-state index is -0.545. The topological polar surface area (TPSA) is 75.4 Å². The van der Waals surface area contributed by atoms with Gasteiger partial charge in [0.2, 0.25) is 11.8 Å². The van der Waals surface area contributed by atoms with Crippen molar-refractivity contribution in [2.45, 2.75) is 18.9 Å². The number of hydrogen-bond donors (Lipinski definition) is 2. The van der Waals surface area contributed by atoms with Crippen molar-refractivity contribution in [3.63, 3.8) is 0 Å². The first-order valence-electron chi connectivity index (χ1n) is 7.04. The number of rotatable bonds is 6. The van der Waals surface area contributed by atoms with Crippen LogP contribution in [0.5, 0.6) is 0 Å². The molecule has 0 aromatic heterocycles. The highest BCUT2D eigenvalue weighted by Gasteiger charge is 2.24. The molecule has 1 atom stereocenters. The average molecular weight is 307 g/mol. The Hall–Kier alpha value is -1.53. The number of carbonyl (C=O) groups excluding carboxylic acids is 2. The summed E-state index contributed by atoms with van der Waals surface area (Å²) in [5.74, 6) is 0.484. The van der Waals surface area contributed by atoms with E-state index in [0.29, 0.717) is 13.0 Å². The normalized spacial score (nSPS) is 14.7. The van der Waals surface area contributed by atoms with E-state index in [4.69, 9.17) is 5.73 Å². The number of nitrogens with one attached hydrogen (secondary N) is 1. The van der Waals surface area contributed by atoms with Crippen molar-refractivity contribution in [2.75, 3.05) is 30.0 Å². The molecule has 6 heteroatoms. The second kappa shape index (κ2) is 7.47. The summed E-state index contributed by atoms with van der Waals surface area (Å²) < 4.78 is 0. The fourth-order valence-electron chi connectivity index (χ4n) is 2.36. The molecular formula is C15H21N3O2S. The number of fused-ring (bicyclic) bond motifs is 1. The maximum Gasteiger partial charge on any atom is 0.246 e. The van der Waals surface area contributed by atoms with Gasteiger partial charge in [0, 0.05) is 12.2 Å². The van der Waals surface area contributed by atoms with Gasteiger partial charge < -0.3 is 16.0 Å². The van der Waals surface area contributed by atoms with Crippen molar-refractivity contribution >= 4 is 29.3 Å². The van der Waals surface area contributed by atoms with Crippen molar-refractivity contribution in [3.8, 4) is 0 Å². The Morgan fingerprint density at radius 1 is 1.43 bits per heavy atom. The van der Waals surface area contributed by atoms with Crippen molar-refractivity contribution in [1.29, 1.82) is 0 Å². The fraction of sp³-hybridized carbons (Fsp3) is 0.467. The van der Waals surface area contributed by atoms with Gasteiger partial charge in [-0.15, -0.1) is 0 Å². The van der Waals surface area contributed by atoms with E-state index in [9.17, 15) is 9.59 Å². The first-order chi connectivity index (χ1) is 10.1. The van der Waals surface area contributed by atoms with Crippen LogP contribution in [0.4, 0.5) is 5.69 Å². The lowest BCUT2D eigenvalue weighted by Gasteiger charge is -2.18. The third-order valence-electron chi connectivity index (χ3n) is 3.57. The predicted octanol–water partition coefficient (Wildman–Crippen LogP) is 0.772. The third kappa shape index (κ3) is 3.98. The zero-order chi connectivity index (χ0) is 15.2. The minimum Gasteiger partial charge on any atom is -0.346 e. The quantitative estimate of drug-likeness (QED) is 0.814. The van der Waals surface area contributed by atoms with Crippen LogP contribution >= 0.6 is 11.8 Å². The van der Waals surface area contributed by atoms with E-state index in [1.807, 2.05) is 30.5 Å². The molecule has 0 saturated heterocycles. The Kier molecular flexibility index (Phi) is 5.64. The second-order valence-electron chi connectivity index (χ2n) is 5.03. The molecule has 0 unspecified atom stereocenters. The minimum absolute atomic E-state index is 0.000134. The molecule has 3 N–H and O–H groups in total. The smallest absolute Gasteiger partial charge is 0.246 e. The molecule has 114 valence electrons. The average Bonchev–Trinajstić information content (AvgIpc) is 2.93. The maximum absolute atomic E-state index is 12.2. The van der Waals surface area contributed by atoms with Crippen molar-refractivity contribution < 1.29 is 9.59 Å². The lowest BCUT2D eigenvalue weighted by atomic mass is 10.2. The number of benzene rings is 1. The van der Waals surface area contributed by atoms with Crippen LogP contribution in [0.25, 0.3) is 0 Å². The zero-order valence-electron chi connectivity index (χ0n) is 12.2. The summed E-state index contributed by atoms with van der Waals surface area (Å²) in [6.07, 6.45) is 3.45. The van der Waals surface area contributed by atoms with E-state index in [1.165, 1.54) is 5.56 Å². The van der Waals surface area contributed by atoms with Gasteiger partial charge in [-0.1, -0.05) is 18.2 Å². The van der Waals surface area contributed by atoms with E-state index in [2.05, 4.69) is 5.32 Å². The largest absolute Gasteiger partial charge is 0.346 e. The Bertz CT molecular complexity index is 521. The maximum atomic E-state index is 12.2. The van der Waals surface area contributed by atoms with Gasteiger partial charge in [0.05, 0.1) is 12.6 Å². The Labute approximate surface area is 129 Å². The van der Waals surface area contributed by atoms with Gasteiger partial charge in [0.25, 0.3) is 0 Å². The summed E-state index contributed by atoms with van der Waals surface area (Å²) in [5, 5.41) is 2.63. The summed E-state index contributed by atoms with van der Waals surface area (Å²) in [4.78, 5) is 25.7. The third-order valence-corrected chi connectivity index (χ3v) is 4.22. The molecule has 1 aromatic rings. The van der Waals surface area contributed by atoms with E-state index < -0.39 is 6.04 Å². The van der Waals surface area contributed by atoms with Gasteiger partial charge >= 0.3 is 0 Å². The second-order valence-corrected chi connectivity index (χ2v) is 6.02. The molecule has 1 heterocycles. The summed E-state index contributed by atoms with van der Waals surface area (Å²) >= 11 is 1.65. The standard InChI is InChI=1S/C15H21N3O2S/c1-21-9-7-12(16)15(20)17-10-14(19)18-8-6-11-4-2-3-5-13(11)18/h2-5,12H,6-10,16H2,1H3,(H,17,20)/t12-/m0/s1. The lowest BCUT2D eigenvalue weighted by Crippen LogP contribution is -2.46. The number of anilines is 1. The molecule has 2 rings (SSSR count). The molecular weight excluding hydrogens is 286 g/mol. The Balaban J connectivity index is 1.84. The number of para-hydroxylation sites is 1. The molecule has 5 nitrogen and oxygen atoms in total. The van der Waals surface area contributed by atoms with Crippen LogP contribution in [0.1, 0.15) is 12.0 Å². The highest BCUT2D eigenvalue weighted by Crippen LogP contribution is 2.27.